The standard InChI is InChI=1S/C10H17N3O4S2/c1-7(18(2)15)3-4-12-10(14)9-5-8(6-13-9)19(11,16)17/h5-7,13H,3-4H2,1-2H3,(H,12,14)(H2,11,16,17). The van der Waals surface area contributed by atoms with E-state index in [0.717, 1.165) is 6.20 Å². The lowest BCUT2D eigenvalue weighted by molar-refractivity contribution is 0.0949. The molecule has 2 unspecified atom stereocenters. The molecule has 1 heterocycles. The topological polar surface area (TPSA) is 122 Å². The van der Waals surface area contributed by atoms with Gasteiger partial charge in [0.25, 0.3) is 5.91 Å². The van der Waals surface area contributed by atoms with Gasteiger partial charge in [0.1, 0.15) is 5.69 Å². The van der Waals surface area contributed by atoms with Crippen molar-refractivity contribution in [1.82, 2.24) is 10.3 Å². The molecule has 4 N–H and O–H groups in total. The Hall–Kier alpha value is -1.19. The van der Waals surface area contributed by atoms with Crippen molar-refractivity contribution < 1.29 is 17.4 Å². The summed E-state index contributed by atoms with van der Waals surface area (Å²) >= 11 is 0. The Kier molecular flexibility index (Phi) is 5.27. The van der Waals surface area contributed by atoms with Gasteiger partial charge in [0.2, 0.25) is 10.0 Å². The molecule has 1 aromatic rings. The molecule has 108 valence electrons. The third-order valence-electron chi connectivity index (χ3n) is 2.63. The summed E-state index contributed by atoms with van der Waals surface area (Å²) in [6, 6.07) is 1.17. The van der Waals surface area contributed by atoms with Crippen molar-refractivity contribution in [1.29, 1.82) is 0 Å². The molecule has 0 fully saturated rings. The van der Waals surface area contributed by atoms with E-state index in [1.807, 2.05) is 6.92 Å². The number of H-pyrrole nitrogens is 1. The Morgan fingerprint density at radius 3 is 2.68 bits per heavy atom. The van der Waals surface area contributed by atoms with Gasteiger partial charge >= 0.3 is 0 Å². The van der Waals surface area contributed by atoms with Crippen molar-refractivity contribution in [2.45, 2.75) is 23.5 Å². The highest BCUT2D eigenvalue weighted by atomic mass is 32.2. The Bertz CT molecular complexity index is 579. The molecular weight excluding hydrogens is 290 g/mol. The van der Waals surface area contributed by atoms with Crippen molar-refractivity contribution in [3.05, 3.63) is 18.0 Å². The Morgan fingerprint density at radius 2 is 2.21 bits per heavy atom. The number of amides is 1. The predicted molar refractivity (Wildman–Crippen MR) is 72.6 cm³/mol. The molecule has 19 heavy (non-hydrogen) atoms. The van der Waals surface area contributed by atoms with Crippen LogP contribution in [0.4, 0.5) is 0 Å². The third-order valence-corrected chi connectivity index (χ3v) is 4.89. The SMILES string of the molecule is CC(CCNC(=O)c1cc(S(N)(=O)=O)c[nH]1)S(C)=O. The summed E-state index contributed by atoms with van der Waals surface area (Å²) in [5.41, 5.74) is 0.120. The van der Waals surface area contributed by atoms with Gasteiger partial charge < -0.3 is 10.3 Å². The number of carbonyl (C=O) groups excluding carboxylic acids is 1. The van der Waals surface area contributed by atoms with Crippen LogP contribution < -0.4 is 10.5 Å². The number of sulfonamides is 1. The summed E-state index contributed by atoms with van der Waals surface area (Å²) in [4.78, 5) is 14.1. The number of hydrogen-bond donors (Lipinski definition) is 3. The fourth-order valence-electron chi connectivity index (χ4n) is 1.32. The summed E-state index contributed by atoms with van der Waals surface area (Å²) < 4.78 is 33.2. The van der Waals surface area contributed by atoms with E-state index in [1.165, 1.54) is 6.07 Å². The number of nitrogens with two attached hydrogens (primary N) is 1. The fraction of sp³-hybridized carbons (Fsp3) is 0.500. The van der Waals surface area contributed by atoms with E-state index in [0.29, 0.717) is 13.0 Å². The minimum atomic E-state index is -3.81. The highest BCUT2D eigenvalue weighted by Crippen LogP contribution is 2.08. The minimum absolute atomic E-state index is 0.0103. The van der Waals surface area contributed by atoms with Crippen LogP contribution in [0.25, 0.3) is 0 Å². The van der Waals surface area contributed by atoms with Crippen LogP contribution in [-0.4, -0.2) is 41.6 Å². The van der Waals surface area contributed by atoms with E-state index >= 15 is 0 Å². The van der Waals surface area contributed by atoms with E-state index in [1.54, 1.807) is 6.26 Å². The molecule has 9 heteroatoms. The Morgan fingerprint density at radius 1 is 1.58 bits per heavy atom. The fourth-order valence-corrected chi connectivity index (χ4v) is 2.28. The minimum Gasteiger partial charge on any atom is -0.356 e. The second-order valence-electron chi connectivity index (χ2n) is 4.15. The van der Waals surface area contributed by atoms with E-state index in [2.05, 4.69) is 10.3 Å². The molecule has 0 aliphatic rings. The van der Waals surface area contributed by atoms with E-state index in [9.17, 15) is 17.4 Å². The van der Waals surface area contributed by atoms with Crippen LogP contribution in [0, 0.1) is 0 Å². The zero-order valence-corrected chi connectivity index (χ0v) is 12.3. The molecule has 7 nitrogen and oxygen atoms in total. The Labute approximate surface area is 114 Å². The van der Waals surface area contributed by atoms with Gasteiger partial charge in [0.15, 0.2) is 0 Å². The van der Waals surface area contributed by atoms with E-state index in [-0.39, 0.29) is 15.8 Å². The van der Waals surface area contributed by atoms with Crippen LogP contribution in [0.3, 0.4) is 0 Å². The number of primary sulfonamides is 1. The van der Waals surface area contributed by atoms with Gasteiger partial charge in [-0.1, -0.05) is 6.92 Å². The molecule has 1 amide bonds. The normalized spacial score (nSPS) is 14.9. The molecule has 0 saturated carbocycles. The number of carbonyl (C=O) groups is 1. The number of aromatic nitrogens is 1. The highest BCUT2D eigenvalue weighted by Gasteiger charge is 2.14. The number of aromatic amines is 1. The first-order valence-electron chi connectivity index (χ1n) is 5.53. The zero-order valence-electron chi connectivity index (χ0n) is 10.7. The van der Waals surface area contributed by atoms with Gasteiger partial charge in [0.05, 0.1) is 4.90 Å². The van der Waals surface area contributed by atoms with E-state index in [4.69, 9.17) is 5.14 Å². The van der Waals surface area contributed by atoms with Gasteiger partial charge in [-0.05, 0) is 12.5 Å². The Balaban J connectivity index is 2.55. The van der Waals surface area contributed by atoms with Crippen LogP contribution >= 0.6 is 0 Å². The molecule has 0 aliphatic carbocycles. The van der Waals surface area contributed by atoms with Gasteiger partial charge in [-0.3, -0.25) is 9.00 Å². The molecule has 1 rings (SSSR count). The lowest BCUT2D eigenvalue weighted by Gasteiger charge is -2.08. The monoisotopic (exact) mass is 307 g/mol. The largest absolute Gasteiger partial charge is 0.356 e. The highest BCUT2D eigenvalue weighted by molar-refractivity contribution is 7.89. The third kappa shape index (κ3) is 4.77. The quantitative estimate of drug-likeness (QED) is 0.658. The van der Waals surface area contributed by atoms with Crippen molar-refractivity contribution in [3.63, 3.8) is 0 Å². The lowest BCUT2D eigenvalue weighted by atomic mass is 10.3. The second kappa shape index (κ2) is 6.31. The average molecular weight is 307 g/mol. The maximum absolute atomic E-state index is 11.7. The first-order valence-corrected chi connectivity index (χ1v) is 8.70. The summed E-state index contributed by atoms with van der Waals surface area (Å²) in [6.45, 7) is 2.19. The molecular formula is C10H17N3O4S2. The van der Waals surface area contributed by atoms with Gasteiger partial charge in [0, 0.05) is 35.0 Å². The predicted octanol–water partition coefficient (Wildman–Crippen LogP) is -0.451. The summed E-state index contributed by atoms with van der Waals surface area (Å²) in [7, 11) is -4.74. The summed E-state index contributed by atoms with van der Waals surface area (Å²) in [5.74, 6) is -0.427. The van der Waals surface area contributed by atoms with Crippen molar-refractivity contribution in [2.24, 2.45) is 5.14 Å². The number of rotatable bonds is 6. The number of nitrogens with one attached hydrogen (secondary N) is 2. The molecule has 1 aromatic heterocycles. The van der Waals surface area contributed by atoms with Crippen molar-refractivity contribution >= 4 is 26.7 Å². The van der Waals surface area contributed by atoms with Crippen LogP contribution in [0.1, 0.15) is 23.8 Å². The summed E-state index contributed by atoms with van der Waals surface area (Å²) in [6.07, 6.45) is 3.35. The van der Waals surface area contributed by atoms with Gasteiger partial charge in [-0.15, -0.1) is 0 Å². The molecule has 0 saturated heterocycles. The molecule has 0 aromatic carbocycles. The maximum Gasteiger partial charge on any atom is 0.267 e. The average Bonchev–Trinajstić information content (AvgIpc) is 2.77. The van der Waals surface area contributed by atoms with E-state index < -0.39 is 26.7 Å². The van der Waals surface area contributed by atoms with Crippen LogP contribution in [0.5, 0.6) is 0 Å². The maximum atomic E-state index is 11.7. The lowest BCUT2D eigenvalue weighted by Crippen LogP contribution is -2.27. The zero-order chi connectivity index (χ0) is 14.6. The van der Waals surface area contributed by atoms with Crippen LogP contribution in [-0.2, 0) is 20.8 Å². The van der Waals surface area contributed by atoms with Crippen molar-refractivity contribution in [2.75, 3.05) is 12.8 Å². The van der Waals surface area contributed by atoms with Gasteiger partial charge in [-0.2, -0.15) is 0 Å². The second-order valence-corrected chi connectivity index (χ2v) is 7.51. The first-order chi connectivity index (χ1) is 8.71. The summed E-state index contributed by atoms with van der Waals surface area (Å²) in [5, 5.41) is 7.53. The molecule has 0 spiro atoms. The molecule has 0 radical (unpaired) electrons. The number of hydrogen-bond acceptors (Lipinski definition) is 4. The molecule has 0 aliphatic heterocycles. The van der Waals surface area contributed by atoms with Crippen LogP contribution in [0.15, 0.2) is 17.2 Å². The van der Waals surface area contributed by atoms with Crippen molar-refractivity contribution in [3.8, 4) is 0 Å². The van der Waals surface area contributed by atoms with Crippen LogP contribution in [0.2, 0.25) is 0 Å². The molecule has 0 bridgehead atoms. The molecule has 2 atom stereocenters. The smallest absolute Gasteiger partial charge is 0.267 e. The first kappa shape index (κ1) is 15.9. The van der Waals surface area contributed by atoms with Gasteiger partial charge in [-0.25, -0.2) is 13.6 Å².